The zero-order chi connectivity index (χ0) is 11.8. The van der Waals surface area contributed by atoms with E-state index in [9.17, 15) is 0 Å². The Hall–Kier alpha value is -1.68. The highest BCUT2D eigenvalue weighted by atomic mass is 32.1. The monoisotopic (exact) mass is 243 g/mol. The molecule has 2 aromatic rings. The van der Waals surface area contributed by atoms with Gasteiger partial charge in [0.1, 0.15) is 4.99 Å². The molecule has 0 saturated heterocycles. The number of hydrogen-bond acceptors (Lipinski definition) is 2. The normalized spacial score (nSPS) is 14.8. The quantitative estimate of drug-likeness (QED) is 0.842. The molecule has 3 rings (SSSR count). The number of thiocarbonyl (C=S) groups is 1. The minimum absolute atomic E-state index is 0.427. The summed E-state index contributed by atoms with van der Waals surface area (Å²) in [6, 6.07) is 9.92. The van der Waals surface area contributed by atoms with Gasteiger partial charge in [-0.25, -0.2) is 4.68 Å². The predicted octanol–water partition coefficient (Wildman–Crippen LogP) is 2.38. The molecule has 1 saturated carbocycles. The maximum atomic E-state index is 5.56. The first kappa shape index (κ1) is 10.5. The third-order valence-electron chi connectivity index (χ3n) is 3.02. The largest absolute Gasteiger partial charge is 0.389 e. The highest BCUT2D eigenvalue weighted by Crippen LogP contribution is 2.38. The zero-order valence-corrected chi connectivity index (χ0v) is 10.2. The van der Waals surface area contributed by atoms with Crippen molar-refractivity contribution in [1.82, 2.24) is 9.78 Å². The Morgan fingerprint density at radius 2 is 1.94 bits per heavy atom. The molecule has 1 aliphatic carbocycles. The van der Waals surface area contributed by atoms with Crippen LogP contribution in [0.2, 0.25) is 0 Å². The van der Waals surface area contributed by atoms with Crippen molar-refractivity contribution in [2.75, 3.05) is 0 Å². The van der Waals surface area contributed by atoms with Crippen molar-refractivity contribution in [2.24, 2.45) is 5.73 Å². The Labute approximate surface area is 105 Å². The number of benzene rings is 1. The minimum atomic E-state index is 0.427. The average molecular weight is 243 g/mol. The Bertz CT molecular complexity index is 552. The second-order valence-corrected chi connectivity index (χ2v) is 4.81. The van der Waals surface area contributed by atoms with Crippen LogP contribution in [0.25, 0.3) is 5.69 Å². The predicted molar refractivity (Wildman–Crippen MR) is 71.4 cm³/mol. The topological polar surface area (TPSA) is 43.8 Å². The molecule has 1 aromatic heterocycles. The van der Waals surface area contributed by atoms with Crippen molar-refractivity contribution in [1.29, 1.82) is 0 Å². The van der Waals surface area contributed by atoms with Crippen molar-refractivity contribution in [3.05, 3.63) is 47.8 Å². The van der Waals surface area contributed by atoms with Gasteiger partial charge in [-0.05, 0) is 43.2 Å². The molecular formula is C13H13N3S. The summed E-state index contributed by atoms with van der Waals surface area (Å²) in [5.41, 5.74) is 8.69. The van der Waals surface area contributed by atoms with E-state index in [0.717, 1.165) is 11.3 Å². The van der Waals surface area contributed by atoms with E-state index >= 15 is 0 Å². The average Bonchev–Trinajstić information content (AvgIpc) is 3.07. The maximum Gasteiger partial charge on any atom is 0.103 e. The molecule has 0 radical (unpaired) electrons. The summed E-state index contributed by atoms with van der Waals surface area (Å²) in [5, 5.41) is 4.57. The van der Waals surface area contributed by atoms with E-state index < -0.39 is 0 Å². The van der Waals surface area contributed by atoms with E-state index in [1.54, 1.807) is 0 Å². The summed E-state index contributed by atoms with van der Waals surface area (Å²) in [6.45, 7) is 0. The Balaban J connectivity index is 1.89. The third-order valence-corrected chi connectivity index (χ3v) is 3.26. The van der Waals surface area contributed by atoms with Gasteiger partial charge in [-0.2, -0.15) is 5.10 Å². The standard InChI is InChI=1S/C13H13N3S/c14-13(17)10-3-5-11(6-4-10)16-8-7-12(15-16)9-1-2-9/h3-9H,1-2H2,(H2,14,17). The van der Waals surface area contributed by atoms with Crippen LogP contribution in [-0.4, -0.2) is 14.8 Å². The molecule has 0 bridgehead atoms. The number of aromatic nitrogens is 2. The lowest BCUT2D eigenvalue weighted by molar-refractivity contribution is 0.837. The molecule has 1 aromatic carbocycles. The molecular weight excluding hydrogens is 230 g/mol. The van der Waals surface area contributed by atoms with Crippen molar-refractivity contribution in [3.63, 3.8) is 0 Å². The van der Waals surface area contributed by atoms with Crippen LogP contribution >= 0.6 is 12.2 Å². The van der Waals surface area contributed by atoms with E-state index in [1.807, 2.05) is 35.1 Å². The lowest BCUT2D eigenvalue weighted by atomic mass is 10.2. The fraction of sp³-hybridized carbons (Fsp3) is 0.231. The minimum Gasteiger partial charge on any atom is -0.389 e. The fourth-order valence-corrected chi connectivity index (χ4v) is 1.99. The summed E-state index contributed by atoms with van der Waals surface area (Å²) >= 11 is 4.92. The highest BCUT2D eigenvalue weighted by molar-refractivity contribution is 7.80. The molecule has 1 aliphatic rings. The van der Waals surface area contributed by atoms with Gasteiger partial charge < -0.3 is 5.73 Å². The van der Waals surface area contributed by atoms with Crippen LogP contribution < -0.4 is 5.73 Å². The first-order chi connectivity index (χ1) is 8.24. The lowest BCUT2D eigenvalue weighted by Gasteiger charge is -2.03. The lowest BCUT2D eigenvalue weighted by Crippen LogP contribution is -2.09. The molecule has 1 fully saturated rings. The molecule has 86 valence electrons. The van der Waals surface area contributed by atoms with Gasteiger partial charge in [0.15, 0.2) is 0 Å². The fourth-order valence-electron chi connectivity index (χ4n) is 1.86. The molecule has 0 unspecified atom stereocenters. The molecule has 1 heterocycles. The molecule has 4 heteroatoms. The summed E-state index contributed by atoms with van der Waals surface area (Å²) in [6.07, 6.45) is 4.55. The van der Waals surface area contributed by atoms with Gasteiger partial charge in [0.05, 0.1) is 11.4 Å². The van der Waals surface area contributed by atoms with E-state index in [2.05, 4.69) is 11.2 Å². The maximum absolute atomic E-state index is 5.56. The summed E-state index contributed by atoms with van der Waals surface area (Å²) < 4.78 is 1.90. The Kier molecular flexibility index (Phi) is 2.44. The SMILES string of the molecule is NC(=S)c1ccc(-n2ccc(C3CC3)n2)cc1. The van der Waals surface area contributed by atoms with Crippen LogP contribution in [-0.2, 0) is 0 Å². The van der Waals surface area contributed by atoms with Crippen LogP contribution in [0.3, 0.4) is 0 Å². The molecule has 17 heavy (non-hydrogen) atoms. The smallest absolute Gasteiger partial charge is 0.103 e. The number of nitrogens with zero attached hydrogens (tertiary/aromatic N) is 2. The third kappa shape index (κ3) is 2.08. The van der Waals surface area contributed by atoms with Gasteiger partial charge in [0, 0.05) is 17.7 Å². The van der Waals surface area contributed by atoms with Gasteiger partial charge in [-0.3, -0.25) is 0 Å². The van der Waals surface area contributed by atoms with E-state index in [-0.39, 0.29) is 0 Å². The van der Waals surface area contributed by atoms with Crippen LogP contribution in [0, 0.1) is 0 Å². The molecule has 0 amide bonds. The first-order valence-electron chi connectivity index (χ1n) is 5.70. The van der Waals surface area contributed by atoms with Crippen LogP contribution in [0.1, 0.15) is 30.0 Å². The van der Waals surface area contributed by atoms with Crippen LogP contribution in [0.4, 0.5) is 0 Å². The summed E-state index contributed by atoms with van der Waals surface area (Å²) in [7, 11) is 0. The van der Waals surface area contributed by atoms with Gasteiger partial charge in [0.2, 0.25) is 0 Å². The van der Waals surface area contributed by atoms with Crippen LogP contribution in [0.5, 0.6) is 0 Å². The van der Waals surface area contributed by atoms with E-state index in [4.69, 9.17) is 18.0 Å². The van der Waals surface area contributed by atoms with Crippen molar-refractivity contribution in [3.8, 4) is 5.69 Å². The van der Waals surface area contributed by atoms with E-state index in [1.165, 1.54) is 18.5 Å². The first-order valence-corrected chi connectivity index (χ1v) is 6.11. The molecule has 2 N–H and O–H groups in total. The van der Waals surface area contributed by atoms with Crippen molar-refractivity contribution in [2.45, 2.75) is 18.8 Å². The summed E-state index contributed by atoms with van der Waals surface area (Å²) in [4.78, 5) is 0.427. The Morgan fingerprint density at radius 1 is 1.24 bits per heavy atom. The van der Waals surface area contributed by atoms with Gasteiger partial charge >= 0.3 is 0 Å². The molecule has 3 nitrogen and oxygen atoms in total. The van der Waals surface area contributed by atoms with Crippen molar-refractivity contribution >= 4 is 17.2 Å². The van der Waals surface area contributed by atoms with Crippen molar-refractivity contribution < 1.29 is 0 Å². The number of hydrogen-bond donors (Lipinski definition) is 1. The van der Waals surface area contributed by atoms with E-state index in [0.29, 0.717) is 10.9 Å². The van der Waals surface area contributed by atoms with Gasteiger partial charge in [-0.15, -0.1) is 0 Å². The summed E-state index contributed by atoms with van der Waals surface area (Å²) in [5.74, 6) is 0.687. The van der Waals surface area contributed by atoms with Crippen LogP contribution in [0.15, 0.2) is 36.5 Å². The second-order valence-electron chi connectivity index (χ2n) is 4.37. The second kappa shape index (κ2) is 3.96. The molecule has 0 spiro atoms. The molecule has 0 atom stereocenters. The number of nitrogens with two attached hydrogens (primary N) is 1. The number of rotatable bonds is 3. The Morgan fingerprint density at radius 3 is 2.53 bits per heavy atom. The molecule has 0 aliphatic heterocycles. The van der Waals surface area contributed by atoms with Gasteiger partial charge in [-0.1, -0.05) is 12.2 Å². The zero-order valence-electron chi connectivity index (χ0n) is 9.34. The highest BCUT2D eigenvalue weighted by Gasteiger charge is 2.25. The van der Waals surface area contributed by atoms with Gasteiger partial charge in [0.25, 0.3) is 0 Å².